The van der Waals surface area contributed by atoms with Gasteiger partial charge in [0, 0.05) is 44.4 Å². The zero-order valence-corrected chi connectivity index (χ0v) is 13.9. The summed E-state index contributed by atoms with van der Waals surface area (Å²) in [5.41, 5.74) is 0.152. The number of carbonyl (C=O) groups excluding carboxylic acids is 1. The lowest BCUT2D eigenvalue weighted by Gasteiger charge is -2.47. The zero-order chi connectivity index (χ0) is 17.1. The van der Waals surface area contributed by atoms with E-state index in [1.54, 1.807) is 24.8 Å². The van der Waals surface area contributed by atoms with Gasteiger partial charge in [0.25, 0.3) is 5.91 Å². The van der Waals surface area contributed by atoms with Crippen molar-refractivity contribution in [2.75, 3.05) is 37.7 Å². The van der Waals surface area contributed by atoms with E-state index in [1.807, 2.05) is 11.0 Å². The minimum absolute atomic E-state index is 0.0676. The Labute approximate surface area is 145 Å². The van der Waals surface area contributed by atoms with Crippen molar-refractivity contribution in [3.63, 3.8) is 0 Å². The maximum atomic E-state index is 12.5. The summed E-state index contributed by atoms with van der Waals surface area (Å²) in [6.07, 6.45) is 9.72. The number of piperidine rings is 1. The van der Waals surface area contributed by atoms with Gasteiger partial charge in [0.05, 0.1) is 24.9 Å². The second-order valence-corrected chi connectivity index (χ2v) is 6.38. The molecule has 0 unspecified atom stereocenters. The maximum absolute atomic E-state index is 12.5. The smallest absolute Gasteiger partial charge is 0.274 e. The summed E-state index contributed by atoms with van der Waals surface area (Å²) in [6, 6.07) is 1.82. The number of morpholine rings is 1. The summed E-state index contributed by atoms with van der Waals surface area (Å²) < 4.78 is 6.13. The molecule has 8 nitrogen and oxygen atoms in total. The number of aromatic nitrogens is 4. The molecule has 2 fully saturated rings. The first kappa shape index (κ1) is 15.9. The van der Waals surface area contributed by atoms with E-state index in [0.29, 0.717) is 25.4 Å². The Morgan fingerprint density at radius 1 is 1.04 bits per heavy atom. The molecule has 2 saturated heterocycles. The fourth-order valence-corrected chi connectivity index (χ4v) is 3.46. The Hall–Kier alpha value is -2.61. The second kappa shape index (κ2) is 6.72. The van der Waals surface area contributed by atoms with Crippen molar-refractivity contribution in [2.45, 2.75) is 18.4 Å². The van der Waals surface area contributed by atoms with E-state index < -0.39 is 0 Å². The first-order chi connectivity index (χ1) is 12.3. The molecule has 2 aliphatic rings. The van der Waals surface area contributed by atoms with Gasteiger partial charge in [0.2, 0.25) is 5.95 Å². The van der Waals surface area contributed by atoms with Crippen molar-refractivity contribution in [3.8, 4) is 0 Å². The highest BCUT2D eigenvalue weighted by Gasteiger charge is 2.41. The molecule has 0 aromatic carbocycles. The van der Waals surface area contributed by atoms with E-state index in [9.17, 15) is 4.79 Å². The van der Waals surface area contributed by atoms with E-state index >= 15 is 0 Å². The maximum Gasteiger partial charge on any atom is 0.274 e. The van der Waals surface area contributed by atoms with Crippen molar-refractivity contribution in [1.82, 2.24) is 24.8 Å². The average Bonchev–Trinajstić information content (AvgIpc) is 2.69. The van der Waals surface area contributed by atoms with E-state index in [0.717, 1.165) is 31.9 Å². The fraction of sp³-hybridized carbons (Fsp3) is 0.471. The topological polar surface area (TPSA) is 84.3 Å². The standard InChI is InChI=1S/C17H20N6O2/c24-15(14-12-18-6-7-19-14)22-8-2-17(3-9-22)13-23(10-11-25-17)16-20-4-1-5-21-16/h1,4-7,12H,2-3,8-11,13H2. The van der Waals surface area contributed by atoms with Gasteiger partial charge in [-0.05, 0) is 18.9 Å². The number of hydrogen-bond acceptors (Lipinski definition) is 7. The van der Waals surface area contributed by atoms with Crippen LogP contribution in [0, 0.1) is 0 Å². The predicted molar refractivity (Wildman–Crippen MR) is 90.1 cm³/mol. The largest absolute Gasteiger partial charge is 0.371 e. The van der Waals surface area contributed by atoms with E-state index in [2.05, 4.69) is 24.8 Å². The first-order valence-electron chi connectivity index (χ1n) is 8.47. The van der Waals surface area contributed by atoms with Crippen LogP contribution in [0.2, 0.25) is 0 Å². The van der Waals surface area contributed by atoms with E-state index in [4.69, 9.17) is 4.74 Å². The van der Waals surface area contributed by atoms with Gasteiger partial charge >= 0.3 is 0 Å². The van der Waals surface area contributed by atoms with Crippen LogP contribution in [0.1, 0.15) is 23.3 Å². The normalized spacial score (nSPS) is 19.8. The lowest BCUT2D eigenvalue weighted by molar-refractivity contribution is -0.0872. The molecule has 0 radical (unpaired) electrons. The van der Waals surface area contributed by atoms with Crippen LogP contribution in [0.5, 0.6) is 0 Å². The van der Waals surface area contributed by atoms with Crippen LogP contribution in [0.15, 0.2) is 37.1 Å². The molecule has 4 rings (SSSR count). The Kier molecular flexibility index (Phi) is 4.27. The van der Waals surface area contributed by atoms with E-state index in [-0.39, 0.29) is 11.5 Å². The van der Waals surface area contributed by atoms with Gasteiger partial charge < -0.3 is 14.5 Å². The molecule has 130 valence electrons. The molecule has 0 bridgehead atoms. The third kappa shape index (κ3) is 3.30. The third-order valence-electron chi connectivity index (χ3n) is 4.83. The minimum Gasteiger partial charge on any atom is -0.371 e. The van der Waals surface area contributed by atoms with Crippen molar-refractivity contribution >= 4 is 11.9 Å². The van der Waals surface area contributed by atoms with Gasteiger partial charge in [-0.1, -0.05) is 0 Å². The van der Waals surface area contributed by atoms with Crippen LogP contribution in [0.3, 0.4) is 0 Å². The predicted octanol–water partition coefficient (Wildman–Crippen LogP) is 0.778. The highest BCUT2D eigenvalue weighted by Crippen LogP contribution is 2.31. The Bertz CT molecular complexity index is 718. The molecule has 25 heavy (non-hydrogen) atoms. The lowest BCUT2D eigenvalue weighted by atomic mass is 9.89. The van der Waals surface area contributed by atoms with Crippen LogP contribution < -0.4 is 4.90 Å². The number of ether oxygens (including phenoxy) is 1. The van der Waals surface area contributed by atoms with Crippen molar-refractivity contribution in [1.29, 1.82) is 0 Å². The molecular formula is C17H20N6O2. The van der Waals surface area contributed by atoms with Crippen molar-refractivity contribution < 1.29 is 9.53 Å². The molecule has 4 heterocycles. The molecule has 8 heteroatoms. The zero-order valence-electron chi connectivity index (χ0n) is 13.9. The molecule has 0 saturated carbocycles. The highest BCUT2D eigenvalue weighted by atomic mass is 16.5. The van der Waals surface area contributed by atoms with E-state index in [1.165, 1.54) is 6.20 Å². The summed E-state index contributed by atoms with van der Waals surface area (Å²) in [4.78, 5) is 33.3. The van der Waals surface area contributed by atoms with Crippen LogP contribution >= 0.6 is 0 Å². The summed E-state index contributed by atoms with van der Waals surface area (Å²) >= 11 is 0. The first-order valence-corrected chi connectivity index (χ1v) is 8.47. The Morgan fingerprint density at radius 3 is 2.56 bits per heavy atom. The summed E-state index contributed by atoms with van der Waals surface area (Å²) in [7, 11) is 0. The summed E-state index contributed by atoms with van der Waals surface area (Å²) in [6.45, 7) is 3.49. The average molecular weight is 340 g/mol. The third-order valence-corrected chi connectivity index (χ3v) is 4.83. The van der Waals surface area contributed by atoms with Gasteiger partial charge in [-0.2, -0.15) is 0 Å². The van der Waals surface area contributed by atoms with Crippen LogP contribution in [-0.4, -0.2) is 69.1 Å². The van der Waals surface area contributed by atoms with Crippen LogP contribution in [0.25, 0.3) is 0 Å². The molecular weight excluding hydrogens is 320 g/mol. The monoisotopic (exact) mass is 340 g/mol. The number of carbonyl (C=O) groups is 1. The quantitative estimate of drug-likeness (QED) is 0.798. The van der Waals surface area contributed by atoms with Crippen molar-refractivity contribution in [2.24, 2.45) is 0 Å². The van der Waals surface area contributed by atoms with Crippen LogP contribution in [0.4, 0.5) is 5.95 Å². The van der Waals surface area contributed by atoms with Crippen LogP contribution in [-0.2, 0) is 4.74 Å². The molecule has 2 aliphatic heterocycles. The number of likely N-dealkylation sites (tertiary alicyclic amines) is 1. The van der Waals surface area contributed by atoms with Crippen molar-refractivity contribution in [3.05, 3.63) is 42.7 Å². The highest BCUT2D eigenvalue weighted by molar-refractivity contribution is 5.92. The fourth-order valence-electron chi connectivity index (χ4n) is 3.46. The number of anilines is 1. The molecule has 2 aromatic rings. The molecule has 1 amide bonds. The number of rotatable bonds is 2. The minimum atomic E-state index is -0.239. The molecule has 1 spiro atoms. The molecule has 0 aliphatic carbocycles. The second-order valence-electron chi connectivity index (χ2n) is 6.38. The molecule has 0 atom stereocenters. The van der Waals surface area contributed by atoms with Gasteiger partial charge in [-0.3, -0.25) is 9.78 Å². The lowest BCUT2D eigenvalue weighted by Crippen LogP contribution is -2.58. The van der Waals surface area contributed by atoms with Gasteiger partial charge in [-0.15, -0.1) is 0 Å². The summed E-state index contributed by atoms with van der Waals surface area (Å²) in [5, 5.41) is 0. The number of nitrogens with zero attached hydrogens (tertiary/aromatic N) is 6. The number of amides is 1. The van der Waals surface area contributed by atoms with Gasteiger partial charge in [0.1, 0.15) is 5.69 Å². The summed E-state index contributed by atoms with van der Waals surface area (Å²) in [5.74, 6) is 0.672. The van der Waals surface area contributed by atoms with Gasteiger partial charge in [0.15, 0.2) is 0 Å². The Balaban J connectivity index is 1.41. The molecule has 0 N–H and O–H groups in total. The Morgan fingerprint density at radius 2 is 1.84 bits per heavy atom. The van der Waals surface area contributed by atoms with Gasteiger partial charge in [-0.25, -0.2) is 15.0 Å². The number of hydrogen-bond donors (Lipinski definition) is 0. The molecule has 2 aromatic heterocycles. The SMILES string of the molecule is O=C(c1cnccn1)N1CCC2(CC1)CN(c1ncccn1)CCO2.